The van der Waals surface area contributed by atoms with Gasteiger partial charge in [-0.2, -0.15) is 0 Å². The van der Waals surface area contributed by atoms with Crippen LogP contribution in [0.2, 0.25) is 0 Å². The summed E-state index contributed by atoms with van der Waals surface area (Å²) in [5.74, 6) is -1.68. The van der Waals surface area contributed by atoms with E-state index in [4.69, 9.17) is 4.74 Å². The molecule has 0 atom stereocenters. The third-order valence-electron chi connectivity index (χ3n) is 4.32. The Labute approximate surface area is 149 Å². The van der Waals surface area contributed by atoms with E-state index in [1.807, 2.05) is 42.5 Å². The average molecular weight is 342 g/mol. The second kappa shape index (κ2) is 6.33. The quantitative estimate of drug-likeness (QED) is 0.424. The molecule has 0 aliphatic heterocycles. The van der Waals surface area contributed by atoms with E-state index in [1.54, 1.807) is 30.3 Å². The van der Waals surface area contributed by atoms with Gasteiger partial charge in [0.25, 0.3) is 0 Å². The van der Waals surface area contributed by atoms with Gasteiger partial charge in [-0.1, -0.05) is 66.7 Å². The molecule has 0 unspecified atom stereocenters. The number of ether oxygens (including phenoxy) is 1. The Kier molecular flexibility index (Phi) is 3.86. The number of carboxylic acids is 1. The molecule has 4 nitrogen and oxygen atoms in total. The molecule has 4 aromatic rings. The number of fused-ring (bicyclic) bond motifs is 2. The van der Waals surface area contributed by atoms with Crippen LogP contribution in [0.25, 0.3) is 21.5 Å². The highest BCUT2D eigenvalue weighted by Crippen LogP contribution is 2.29. The largest absolute Gasteiger partial charge is 0.478 e. The van der Waals surface area contributed by atoms with Gasteiger partial charge in [-0.15, -0.1) is 0 Å². The second-order valence-electron chi connectivity index (χ2n) is 5.88. The van der Waals surface area contributed by atoms with E-state index in [9.17, 15) is 14.7 Å². The number of aromatic carboxylic acids is 1. The molecule has 0 saturated heterocycles. The van der Waals surface area contributed by atoms with Crippen LogP contribution in [0, 0.1) is 0 Å². The number of carboxylic acid groups (broad SMARTS) is 1. The summed E-state index contributed by atoms with van der Waals surface area (Å²) < 4.78 is 5.49. The lowest BCUT2D eigenvalue weighted by Crippen LogP contribution is -2.12. The van der Waals surface area contributed by atoms with E-state index in [2.05, 4.69) is 0 Å². The maximum Gasteiger partial charge on any atom is 0.344 e. The number of benzene rings is 4. The fourth-order valence-electron chi connectivity index (χ4n) is 3.12. The van der Waals surface area contributed by atoms with E-state index in [0.29, 0.717) is 10.9 Å². The van der Waals surface area contributed by atoms with E-state index < -0.39 is 11.9 Å². The van der Waals surface area contributed by atoms with Crippen molar-refractivity contribution in [3.8, 4) is 5.75 Å². The minimum atomic E-state index is -1.14. The molecule has 4 heteroatoms. The summed E-state index contributed by atoms with van der Waals surface area (Å²) in [6, 6.07) is 23.2. The molecule has 0 saturated carbocycles. The van der Waals surface area contributed by atoms with Crippen LogP contribution >= 0.6 is 0 Å². The standard InChI is InChI=1S/C22H14O4/c23-21(24)20-17-10-4-2-7-15(17)12-13-19(20)26-22(25)18-11-5-8-14-6-1-3-9-16(14)18/h1-13H,(H,23,24). The van der Waals surface area contributed by atoms with Gasteiger partial charge in [0, 0.05) is 0 Å². The fourth-order valence-corrected chi connectivity index (χ4v) is 3.12. The molecule has 0 radical (unpaired) electrons. The van der Waals surface area contributed by atoms with Crippen molar-refractivity contribution in [2.24, 2.45) is 0 Å². The summed E-state index contributed by atoms with van der Waals surface area (Å²) in [5.41, 5.74) is 0.379. The van der Waals surface area contributed by atoms with Crippen LogP contribution in [0.1, 0.15) is 20.7 Å². The van der Waals surface area contributed by atoms with Crippen molar-refractivity contribution in [2.45, 2.75) is 0 Å². The number of rotatable bonds is 3. The van der Waals surface area contributed by atoms with Crippen LogP contribution in [0.3, 0.4) is 0 Å². The van der Waals surface area contributed by atoms with Crippen molar-refractivity contribution in [2.75, 3.05) is 0 Å². The normalized spacial score (nSPS) is 10.8. The summed E-state index contributed by atoms with van der Waals surface area (Å²) in [5, 5.41) is 12.6. The van der Waals surface area contributed by atoms with Gasteiger partial charge in [0.15, 0.2) is 0 Å². The third kappa shape index (κ3) is 2.67. The molecule has 0 aliphatic rings. The summed E-state index contributed by atoms with van der Waals surface area (Å²) >= 11 is 0. The smallest absolute Gasteiger partial charge is 0.344 e. The van der Waals surface area contributed by atoms with E-state index in [-0.39, 0.29) is 11.3 Å². The van der Waals surface area contributed by atoms with Crippen LogP contribution in [-0.2, 0) is 0 Å². The van der Waals surface area contributed by atoms with Gasteiger partial charge in [0.1, 0.15) is 11.3 Å². The van der Waals surface area contributed by atoms with Gasteiger partial charge in [0.2, 0.25) is 0 Å². The highest BCUT2D eigenvalue weighted by Gasteiger charge is 2.19. The molecule has 0 fully saturated rings. The van der Waals surface area contributed by atoms with Gasteiger partial charge in [-0.25, -0.2) is 9.59 Å². The predicted octanol–water partition coefficient (Wildman–Crippen LogP) is 4.91. The van der Waals surface area contributed by atoms with Gasteiger partial charge >= 0.3 is 11.9 Å². The first-order chi connectivity index (χ1) is 12.6. The zero-order valence-corrected chi connectivity index (χ0v) is 13.7. The highest BCUT2D eigenvalue weighted by atomic mass is 16.5. The van der Waals surface area contributed by atoms with Crippen molar-refractivity contribution in [1.29, 1.82) is 0 Å². The van der Waals surface area contributed by atoms with Crippen molar-refractivity contribution < 1.29 is 19.4 Å². The van der Waals surface area contributed by atoms with Crippen LogP contribution in [0.15, 0.2) is 78.9 Å². The van der Waals surface area contributed by atoms with E-state index in [1.165, 1.54) is 6.07 Å². The molecule has 0 amide bonds. The lowest BCUT2D eigenvalue weighted by atomic mass is 10.0. The summed E-state index contributed by atoms with van der Waals surface area (Å²) in [6.07, 6.45) is 0. The molecule has 126 valence electrons. The van der Waals surface area contributed by atoms with E-state index >= 15 is 0 Å². The monoisotopic (exact) mass is 342 g/mol. The van der Waals surface area contributed by atoms with E-state index in [0.717, 1.165) is 16.2 Å². The van der Waals surface area contributed by atoms with Gasteiger partial charge in [-0.05, 0) is 33.7 Å². The SMILES string of the molecule is O=C(Oc1ccc2ccccc2c1C(=O)O)c1cccc2ccccc12. The van der Waals surface area contributed by atoms with Crippen molar-refractivity contribution >= 4 is 33.5 Å². The lowest BCUT2D eigenvalue weighted by Gasteiger charge is -2.11. The molecule has 0 aromatic heterocycles. The second-order valence-corrected chi connectivity index (χ2v) is 5.88. The highest BCUT2D eigenvalue weighted by molar-refractivity contribution is 6.09. The molecule has 4 aromatic carbocycles. The Morgan fingerprint density at radius 1 is 0.692 bits per heavy atom. The predicted molar refractivity (Wildman–Crippen MR) is 99.8 cm³/mol. The molecule has 0 aliphatic carbocycles. The molecule has 0 heterocycles. The number of hydrogen-bond acceptors (Lipinski definition) is 3. The molecule has 26 heavy (non-hydrogen) atoms. The zero-order chi connectivity index (χ0) is 18.1. The molecule has 0 bridgehead atoms. The first-order valence-electron chi connectivity index (χ1n) is 8.10. The van der Waals surface area contributed by atoms with Crippen molar-refractivity contribution in [1.82, 2.24) is 0 Å². The molecular weight excluding hydrogens is 328 g/mol. The van der Waals surface area contributed by atoms with Crippen LogP contribution in [-0.4, -0.2) is 17.0 Å². The van der Waals surface area contributed by atoms with Crippen molar-refractivity contribution in [3.05, 3.63) is 90.0 Å². The maximum atomic E-state index is 12.7. The Hall–Kier alpha value is -3.66. The number of carbonyl (C=O) groups excluding carboxylic acids is 1. The van der Waals surface area contributed by atoms with Crippen LogP contribution in [0.5, 0.6) is 5.75 Å². The zero-order valence-electron chi connectivity index (χ0n) is 13.7. The summed E-state index contributed by atoms with van der Waals surface area (Å²) in [6.45, 7) is 0. The first kappa shape index (κ1) is 15.8. The Balaban J connectivity index is 1.81. The maximum absolute atomic E-state index is 12.7. The van der Waals surface area contributed by atoms with Gasteiger partial charge in [0.05, 0.1) is 5.56 Å². The lowest BCUT2D eigenvalue weighted by molar-refractivity contribution is 0.0684. The molecule has 0 spiro atoms. The van der Waals surface area contributed by atoms with Crippen LogP contribution in [0.4, 0.5) is 0 Å². The third-order valence-corrected chi connectivity index (χ3v) is 4.32. The fraction of sp³-hybridized carbons (Fsp3) is 0. The first-order valence-corrected chi connectivity index (χ1v) is 8.10. The Bertz CT molecular complexity index is 1160. The molecular formula is C22H14O4. The van der Waals surface area contributed by atoms with Crippen molar-refractivity contribution in [3.63, 3.8) is 0 Å². The van der Waals surface area contributed by atoms with Crippen LogP contribution < -0.4 is 4.74 Å². The van der Waals surface area contributed by atoms with Gasteiger partial charge in [-0.3, -0.25) is 0 Å². The number of carbonyl (C=O) groups is 2. The molecule has 1 N–H and O–H groups in total. The summed E-state index contributed by atoms with van der Waals surface area (Å²) in [4.78, 5) is 24.5. The Morgan fingerprint density at radius 3 is 2.04 bits per heavy atom. The molecule has 4 rings (SSSR count). The number of hydrogen-bond donors (Lipinski definition) is 1. The summed E-state index contributed by atoms with van der Waals surface area (Å²) in [7, 11) is 0. The number of esters is 1. The minimum absolute atomic E-state index is 0.0170. The average Bonchev–Trinajstić information content (AvgIpc) is 2.67. The van der Waals surface area contributed by atoms with Gasteiger partial charge < -0.3 is 9.84 Å². The minimum Gasteiger partial charge on any atom is -0.478 e. The Morgan fingerprint density at radius 2 is 1.31 bits per heavy atom. The topological polar surface area (TPSA) is 63.6 Å².